The fraction of sp³-hybridized carbons (Fsp3) is 0.643. The van der Waals surface area contributed by atoms with E-state index in [4.69, 9.17) is 4.98 Å². The molecule has 3 heterocycles. The number of alkyl halides is 1. The quantitative estimate of drug-likeness (QED) is 0.786. The number of nitrogens with zero attached hydrogens (tertiary/aromatic N) is 4. The first-order valence-corrected chi connectivity index (χ1v) is 9.17. The molecule has 1 aliphatic heterocycles. The van der Waals surface area contributed by atoms with E-state index in [0.29, 0.717) is 0 Å². The monoisotopic (exact) mass is 356 g/mol. The maximum absolute atomic E-state index is 4.81. The van der Waals surface area contributed by atoms with Crippen LogP contribution in [0.2, 0.25) is 0 Å². The van der Waals surface area contributed by atoms with Crippen molar-refractivity contribution in [3.05, 3.63) is 17.3 Å². The summed E-state index contributed by atoms with van der Waals surface area (Å²) in [6.45, 7) is 10.2. The summed E-state index contributed by atoms with van der Waals surface area (Å²) in [7, 11) is 0. The average Bonchev–Trinajstić information content (AvgIpc) is 2.98. The molecule has 0 saturated carbocycles. The van der Waals surface area contributed by atoms with Crippen LogP contribution in [0.15, 0.2) is 11.6 Å². The van der Waals surface area contributed by atoms with Crippen LogP contribution in [0.3, 0.4) is 0 Å². The second kappa shape index (κ2) is 6.03. The van der Waals surface area contributed by atoms with E-state index in [2.05, 4.69) is 55.6 Å². The molecule has 0 atom stereocenters. The second-order valence-electron chi connectivity index (χ2n) is 5.75. The largest absolute Gasteiger partial charge is 0.352 e. The molecule has 0 radical (unpaired) electrons. The Bertz CT molecular complexity index is 569. The van der Waals surface area contributed by atoms with Gasteiger partial charge in [-0.3, -0.25) is 9.30 Å². The van der Waals surface area contributed by atoms with Crippen molar-refractivity contribution in [2.75, 3.05) is 37.6 Å². The van der Waals surface area contributed by atoms with E-state index >= 15 is 0 Å². The molecule has 0 aromatic carbocycles. The van der Waals surface area contributed by atoms with Gasteiger partial charge >= 0.3 is 0 Å². The van der Waals surface area contributed by atoms with Crippen LogP contribution in [0.5, 0.6) is 0 Å². The summed E-state index contributed by atoms with van der Waals surface area (Å²) in [5, 5.41) is 2.95. The molecular weight excluding hydrogens is 336 g/mol. The summed E-state index contributed by atoms with van der Waals surface area (Å²) in [6.07, 6.45) is 2.11. The number of rotatable bonds is 4. The molecule has 6 heteroatoms. The molecule has 20 heavy (non-hydrogen) atoms. The van der Waals surface area contributed by atoms with Crippen LogP contribution in [0, 0.1) is 5.92 Å². The number of piperazine rings is 1. The Morgan fingerprint density at radius 1 is 1.30 bits per heavy atom. The van der Waals surface area contributed by atoms with E-state index < -0.39 is 0 Å². The van der Waals surface area contributed by atoms with Gasteiger partial charge in [0, 0.05) is 49.6 Å². The molecule has 3 rings (SSSR count). The number of aromatic nitrogens is 2. The predicted molar refractivity (Wildman–Crippen MR) is 89.2 cm³/mol. The lowest BCUT2D eigenvalue weighted by Crippen LogP contribution is -2.47. The topological polar surface area (TPSA) is 23.8 Å². The van der Waals surface area contributed by atoms with Gasteiger partial charge < -0.3 is 4.90 Å². The van der Waals surface area contributed by atoms with Crippen molar-refractivity contribution in [3.8, 4) is 0 Å². The van der Waals surface area contributed by atoms with Crippen LogP contribution in [-0.2, 0) is 5.33 Å². The molecule has 0 N–H and O–H groups in total. The lowest BCUT2D eigenvalue weighted by molar-refractivity contribution is 0.231. The van der Waals surface area contributed by atoms with Crippen LogP contribution in [0.25, 0.3) is 4.96 Å². The van der Waals surface area contributed by atoms with Crippen molar-refractivity contribution in [1.29, 1.82) is 0 Å². The summed E-state index contributed by atoms with van der Waals surface area (Å²) >= 11 is 5.32. The zero-order chi connectivity index (χ0) is 14.1. The Morgan fingerprint density at radius 3 is 2.70 bits per heavy atom. The van der Waals surface area contributed by atoms with Gasteiger partial charge in [0.15, 0.2) is 10.8 Å². The smallest absolute Gasteiger partial charge is 0.195 e. The van der Waals surface area contributed by atoms with Crippen LogP contribution in [0.4, 0.5) is 5.82 Å². The summed E-state index contributed by atoms with van der Waals surface area (Å²) in [6, 6.07) is 0. The van der Waals surface area contributed by atoms with Gasteiger partial charge in [-0.1, -0.05) is 29.8 Å². The molecule has 1 aliphatic rings. The van der Waals surface area contributed by atoms with Crippen LogP contribution < -0.4 is 4.90 Å². The fourth-order valence-corrected chi connectivity index (χ4v) is 4.11. The lowest BCUT2D eigenvalue weighted by atomic mass is 10.2. The molecule has 1 saturated heterocycles. The van der Waals surface area contributed by atoms with Gasteiger partial charge in [0.05, 0.1) is 5.69 Å². The SMILES string of the molecule is CC(C)CN1CCN(c2nc3sccn3c2CBr)CC1. The Kier molecular flexibility index (Phi) is 4.33. The number of fused-ring (bicyclic) bond motifs is 1. The molecule has 2 aromatic rings. The van der Waals surface area contributed by atoms with E-state index in [-0.39, 0.29) is 0 Å². The highest BCUT2D eigenvalue weighted by atomic mass is 79.9. The van der Waals surface area contributed by atoms with Gasteiger partial charge in [-0.25, -0.2) is 4.98 Å². The normalized spacial score (nSPS) is 17.5. The van der Waals surface area contributed by atoms with Crippen molar-refractivity contribution in [2.24, 2.45) is 5.92 Å². The predicted octanol–water partition coefficient (Wildman–Crippen LogP) is 3.07. The molecule has 2 aromatic heterocycles. The summed E-state index contributed by atoms with van der Waals surface area (Å²) in [4.78, 5) is 10.9. The Balaban J connectivity index is 1.74. The molecule has 0 spiro atoms. The minimum Gasteiger partial charge on any atom is -0.352 e. The van der Waals surface area contributed by atoms with Crippen molar-refractivity contribution < 1.29 is 0 Å². The zero-order valence-corrected chi connectivity index (χ0v) is 14.5. The molecule has 110 valence electrons. The van der Waals surface area contributed by atoms with Gasteiger partial charge in [-0.2, -0.15) is 0 Å². The zero-order valence-electron chi connectivity index (χ0n) is 12.0. The maximum Gasteiger partial charge on any atom is 0.195 e. The third kappa shape index (κ3) is 2.73. The van der Waals surface area contributed by atoms with Gasteiger partial charge in [0.25, 0.3) is 0 Å². The van der Waals surface area contributed by atoms with Gasteiger partial charge in [0.2, 0.25) is 0 Å². The van der Waals surface area contributed by atoms with E-state index in [1.807, 2.05) is 0 Å². The van der Waals surface area contributed by atoms with Gasteiger partial charge in [0.1, 0.15) is 0 Å². The fourth-order valence-electron chi connectivity index (χ4n) is 2.86. The maximum atomic E-state index is 4.81. The molecule has 1 fully saturated rings. The van der Waals surface area contributed by atoms with Crippen LogP contribution >= 0.6 is 27.3 Å². The van der Waals surface area contributed by atoms with E-state index in [1.54, 1.807) is 11.3 Å². The molecule has 0 unspecified atom stereocenters. The van der Waals surface area contributed by atoms with Crippen molar-refractivity contribution in [3.63, 3.8) is 0 Å². The Labute approximate surface area is 132 Å². The van der Waals surface area contributed by atoms with E-state index in [1.165, 1.54) is 12.2 Å². The third-order valence-electron chi connectivity index (χ3n) is 3.76. The summed E-state index contributed by atoms with van der Waals surface area (Å²) in [5.74, 6) is 1.91. The van der Waals surface area contributed by atoms with Crippen LogP contribution in [0.1, 0.15) is 19.5 Å². The number of anilines is 1. The van der Waals surface area contributed by atoms with Gasteiger partial charge in [-0.15, -0.1) is 11.3 Å². The highest BCUT2D eigenvalue weighted by molar-refractivity contribution is 9.08. The second-order valence-corrected chi connectivity index (χ2v) is 7.19. The highest BCUT2D eigenvalue weighted by Gasteiger charge is 2.23. The summed E-state index contributed by atoms with van der Waals surface area (Å²) < 4.78 is 2.20. The average molecular weight is 357 g/mol. The molecule has 0 amide bonds. The van der Waals surface area contributed by atoms with E-state index in [0.717, 1.165) is 48.2 Å². The summed E-state index contributed by atoms with van der Waals surface area (Å²) in [5.41, 5.74) is 1.28. The van der Waals surface area contributed by atoms with E-state index in [9.17, 15) is 0 Å². The van der Waals surface area contributed by atoms with Crippen LogP contribution in [-0.4, -0.2) is 47.0 Å². The van der Waals surface area contributed by atoms with Crippen molar-refractivity contribution in [2.45, 2.75) is 19.2 Å². The first-order valence-electron chi connectivity index (χ1n) is 7.16. The van der Waals surface area contributed by atoms with Gasteiger partial charge in [-0.05, 0) is 5.92 Å². The van der Waals surface area contributed by atoms with Crippen molar-refractivity contribution >= 4 is 38.0 Å². The standard InChI is InChI=1S/C14H21BrN4S/c1-11(2)10-17-3-5-18(6-4-17)13-12(9-15)19-7-8-20-14(19)16-13/h7-8,11H,3-6,9-10H2,1-2H3. The molecule has 4 nitrogen and oxygen atoms in total. The molecule has 0 aliphatic carbocycles. The number of halogens is 1. The first-order chi connectivity index (χ1) is 9.69. The molecule has 0 bridgehead atoms. The lowest BCUT2D eigenvalue weighted by Gasteiger charge is -2.36. The number of imidazole rings is 1. The number of hydrogen-bond acceptors (Lipinski definition) is 4. The number of thiazole rings is 1. The number of hydrogen-bond donors (Lipinski definition) is 0. The minimum atomic E-state index is 0.748. The molecular formula is C14H21BrN4S. The Hall–Kier alpha value is -0.590. The van der Waals surface area contributed by atoms with Crippen molar-refractivity contribution in [1.82, 2.24) is 14.3 Å². The Morgan fingerprint density at radius 2 is 2.05 bits per heavy atom. The third-order valence-corrected chi connectivity index (χ3v) is 5.05. The first kappa shape index (κ1) is 14.4. The highest BCUT2D eigenvalue weighted by Crippen LogP contribution is 2.27. The minimum absolute atomic E-state index is 0.748.